The van der Waals surface area contributed by atoms with Crippen LogP contribution in [0.4, 0.5) is 0 Å². The van der Waals surface area contributed by atoms with Gasteiger partial charge in [0, 0.05) is 18.0 Å². The summed E-state index contributed by atoms with van der Waals surface area (Å²) in [6.07, 6.45) is 5.22. The van der Waals surface area contributed by atoms with E-state index in [9.17, 15) is 0 Å². The summed E-state index contributed by atoms with van der Waals surface area (Å²) < 4.78 is 5.91. The summed E-state index contributed by atoms with van der Waals surface area (Å²) in [5, 5.41) is 1.37. The van der Waals surface area contributed by atoms with Gasteiger partial charge >= 0.3 is 0 Å². The molecule has 2 heterocycles. The molecule has 0 bridgehead atoms. The van der Waals surface area contributed by atoms with Gasteiger partial charge in [-0.3, -0.25) is 0 Å². The molecule has 1 aliphatic rings. The number of nitrogens with zero attached hydrogens (tertiary/aromatic N) is 3. The molecule has 1 saturated heterocycles. The second kappa shape index (κ2) is 6.58. The Morgan fingerprint density at radius 2 is 2.05 bits per heavy atom. The Morgan fingerprint density at radius 3 is 2.86 bits per heavy atom. The van der Waals surface area contributed by atoms with E-state index in [-0.39, 0.29) is 0 Å². The van der Waals surface area contributed by atoms with Crippen molar-refractivity contribution in [1.29, 1.82) is 0 Å². The van der Waals surface area contributed by atoms with Crippen LogP contribution in [0.15, 0.2) is 18.5 Å². The summed E-state index contributed by atoms with van der Waals surface area (Å²) in [4.78, 5) is 10.8. The summed E-state index contributed by atoms with van der Waals surface area (Å²) in [5.74, 6) is 0.888. The molecule has 112 valence electrons. The molecule has 0 radical (unpaired) electrons. The van der Waals surface area contributed by atoms with E-state index in [1.165, 1.54) is 32.3 Å². The fourth-order valence-electron chi connectivity index (χ4n) is 2.79. The van der Waals surface area contributed by atoms with Crippen molar-refractivity contribution >= 4 is 22.5 Å². The lowest BCUT2D eigenvalue weighted by atomic mass is 10.1. The third-order valence-electron chi connectivity index (χ3n) is 3.96. The second-order valence-electron chi connectivity index (χ2n) is 5.55. The third kappa shape index (κ3) is 3.44. The number of likely N-dealkylation sites (tertiary alicyclic amines) is 1. The fourth-order valence-corrected chi connectivity index (χ4v) is 2.99. The Labute approximate surface area is 130 Å². The van der Waals surface area contributed by atoms with Crippen molar-refractivity contribution in [2.24, 2.45) is 0 Å². The Bertz CT molecular complexity index is 626. The Kier molecular flexibility index (Phi) is 4.56. The average molecular weight is 306 g/mol. The first kappa shape index (κ1) is 14.5. The molecule has 1 aromatic heterocycles. The molecular weight excluding hydrogens is 286 g/mol. The zero-order valence-corrected chi connectivity index (χ0v) is 13.1. The number of aromatic nitrogens is 2. The molecule has 21 heavy (non-hydrogen) atoms. The first-order chi connectivity index (χ1) is 10.2. The van der Waals surface area contributed by atoms with Crippen LogP contribution < -0.4 is 4.74 Å². The lowest BCUT2D eigenvalue weighted by Crippen LogP contribution is -2.21. The van der Waals surface area contributed by atoms with Crippen molar-refractivity contribution < 1.29 is 4.74 Å². The minimum Gasteiger partial charge on any atom is -0.493 e. The number of rotatable bonds is 5. The monoisotopic (exact) mass is 305 g/mol. The average Bonchev–Trinajstić information content (AvgIpc) is 2.98. The van der Waals surface area contributed by atoms with E-state index in [2.05, 4.69) is 14.9 Å². The van der Waals surface area contributed by atoms with Crippen molar-refractivity contribution in [2.75, 3.05) is 26.2 Å². The summed E-state index contributed by atoms with van der Waals surface area (Å²) >= 11 is 6.08. The van der Waals surface area contributed by atoms with E-state index in [0.717, 1.165) is 41.8 Å². The summed E-state index contributed by atoms with van der Waals surface area (Å²) in [6, 6.07) is 3.95. The molecule has 2 aromatic rings. The number of fused-ring (bicyclic) bond motifs is 1. The van der Waals surface area contributed by atoms with Crippen molar-refractivity contribution in [1.82, 2.24) is 14.9 Å². The van der Waals surface area contributed by atoms with E-state index in [4.69, 9.17) is 16.3 Å². The highest BCUT2D eigenvalue weighted by Crippen LogP contribution is 2.27. The van der Waals surface area contributed by atoms with Crippen LogP contribution in [0.1, 0.15) is 24.8 Å². The van der Waals surface area contributed by atoms with Crippen LogP contribution in [0, 0.1) is 6.92 Å². The normalized spacial score (nSPS) is 15.7. The number of hydrogen-bond acceptors (Lipinski definition) is 4. The van der Waals surface area contributed by atoms with Gasteiger partial charge in [-0.1, -0.05) is 11.6 Å². The van der Waals surface area contributed by atoms with Gasteiger partial charge in [0.25, 0.3) is 0 Å². The van der Waals surface area contributed by atoms with Crippen LogP contribution in [0.5, 0.6) is 5.75 Å². The molecule has 5 heteroatoms. The molecule has 0 aliphatic carbocycles. The summed E-state index contributed by atoms with van der Waals surface area (Å²) in [6.45, 7) is 6.37. The fraction of sp³-hybridized carbons (Fsp3) is 0.500. The van der Waals surface area contributed by atoms with Crippen LogP contribution in [-0.4, -0.2) is 41.1 Å². The topological polar surface area (TPSA) is 38.3 Å². The largest absolute Gasteiger partial charge is 0.493 e. The number of ether oxygens (including phenoxy) is 1. The van der Waals surface area contributed by atoms with E-state index >= 15 is 0 Å². The Morgan fingerprint density at radius 1 is 1.24 bits per heavy atom. The zero-order valence-electron chi connectivity index (χ0n) is 12.3. The minimum absolute atomic E-state index is 0.490. The molecule has 0 spiro atoms. The maximum absolute atomic E-state index is 6.08. The Balaban J connectivity index is 1.62. The molecule has 4 nitrogen and oxygen atoms in total. The van der Waals surface area contributed by atoms with Gasteiger partial charge in [0.1, 0.15) is 17.2 Å². The van der Waals surface area contributed by atoms with Gasteiger partial charge < -0.3 is 9.64 Å². The molecule has 0 amide bonds. The molecule has 0 unspecified atom stereocenters. The van der Waals surface area contributed by atoms with Gasteiger partial charge in [-0.05, 0) is 50.9 Å². The van der Waals surface area contributed by atoms with Crippen LogP contribution in [0.2, 0.25) is 5.15 Å². The third-order valence-corrected chi connectivity index (χ3v) is 4.26. The van der Waals surface area contributed by atoms with Gasteiger partial charge in [-0.2, -0.15) is 0 Å². The molecule has 1 aliphatic heterocycles. The predicted octanol–water partition coefficient (Wildman–Crippen LogP) is 3.46. The molecule has 0 atom stereocenters. The highest BCUT2D eigenvalue weighted by Gasteiger charge is 2.11. The first-order valence-electron chi connectivity index (χ1n) is 7.50. The number of halogens is 1. The lowest BCUT2D eigenvalue weighted by Gasteiger charge is -2.15. The molecule has 1 fully saturated rings. The summed E-state index contributed by atoms with van der Waals surface area (Å²) in [5.41, 5.74) is 1.90. The van der Waals surface area contributed by atoms with Gasteiger partial charge in [-0.15, -0.1) is 0 Å². The SMILES string of the molecule is Cc1cc2c(Cl)ncnc2cc1OCCCN1CCCC1. The Hall–Kier alpha value is -1.39. The highest BCUT2D eigenvalue weighted by molar-refractivity contribution is 6.34. The molecule has 3 rings (SSSR count). The van der Waals surface area contributed by atoms with Crippen LogP contribution in [0.3, 0.4) is 0 Å². The van der Waals surface area contributed by atoms with E-state index in [1.54, 1.807) is 0 Å². The van der Waals surface area contributed by atoms with Crippen LogP contribution in [0.25, 0.3) is 10.9 Å². The quantitative estimate of drug-likeness (QED) is 0.626. The van der Waals surface area contributed by atoms with Gasteiger partial charge in [0.05, 0.1) is 12.1 Å². The molecular formula is C16H20ClN3O. The van der Waals surface area contributed by atoms with Crippen molar-refractivity contribution in [3.05, 3.63) is 29.2 Å². The maximum atomic E-state index is 6.08. The zero-order chi connectivity index (χ0) is 14.7. The first-order valence-corrected chi connectivity index (χ1v) is 7.88. The molecule has 1 aromatic carbocycles. The van der Waals surface area contributed by atoms with Crippen LogP contribution in [-0.2, 0) is 0 Å². The van der Waals surface area contributed by atoms with E-state index in [1.807, 2.05) is 19.1 Å². The number of hydrogen-bond donors (Lipinski definition) is 0. The standard InChI is InChI=1S/C16H20ClN3O/c1-12-9-13-14(18-11-19-16(13)17)10-15(12)21-8-4-7-20-5-2-3-6-20/h9-11H,2-8H2,1H3. The van der Waals surface area contributed by atoms with E-state index < -0.39 is 0 Å². The number of aryl methyl sites for hydroxylation is 1. The van der Waals surface area contributed by atoms with E-state index in [0.29, 0.717) is 5.15 Å². The van der Waals surface area contributed by atoms with Gasteiger partial charge in [0.15, 0.2) is 0 Å². The van der Waals surface area contributed by atoms with Gasteiger partial charge in [-0.25, -0.2) is 9.97 Å². The predicted molar refractivity (Wildman–Crippen MR) is 85.1 cm³/mol. The minimum atomic E-state index is 0.490. The second-order valence-corrected chi connectivity index (χ2v) is 5.91. The molecule has 0 saturated carbocycles. The summed E-state index contributed by atoms with van der Waals surface area (Å²) in [7, 11) is 0. The molecule has 0 N–H and O–H groups in total. The maximum Gasteiger partial charge on any atom is 0.140 e. The van der Waals surface area contributed by atoms with Crippen molar-refractivity contribution in [2.45, 2.75) is 26.2 Å². The van der Waals surface area contributed by atoms with Crippen molar-refractivity contribution in [3.63, 3.8) is 0 Å². The number of benzene rings is 1. The van der Waals surface area contributed by atoms with Gasteiger partial charge in [0.2, 0.25) is 0 Å². The van der Waals surface area contributed by atoms with Crippen molar-refractivity contribution in [3.8, 4) is 5.75 Å². The highest BCUT2D eigenvalue weighted by atomic mass is 35.5. The smallest absolute Gasteiger partial charge is 0.140 e. The lowest BCUT2D eigenvalue weighted by molar-refractivity contribution is 0.262. The van der Waals surface area contributed by atoms with Crippen LogP contribution >= 0.6 is 11.6 Å².